The van der Waals surface area contributed by atoms with E-state index in [-0.39, 0.29) is 0 Å². The standard InChI is InChI=1S/C13H14Cl2N4O2S/c1-19(2)22(20,21)18-9-6-7-12(16-8-9)17-13-10(14)4-3-5-11(13)15/h3-8,18H,1-2H3,(H,16,17). The molecule has 1 heterocycles. The van der Waals surface area contributed by atoms with Crippen LogP contribution >= 0.6 is 23.2 Å². The van der Waals surface area contributed by atoms with Gasteiger partial charge in [0.15, 0.2) is 0 Å². The summed E-state index contributed by atoms with van der Waals surface area (Å²) in [4.78, 5) is 4.13. The SMILES string of the molecule is CN(C)S(=O)(=O)Nc1ccc(Nc2c(Cl)cccc2Cl)nc1. The van der Waals surface area contributed by atoms with Crippen LogP contribution in [0.3, 0.4) is 0 Å². The maximum atomic E-state index is 11.7. The Hall–Kier alpha value is -1.54. The van der Waals surface area contributed by atoms with Gasteiger partial charge >= 0.3 is 10.2 Å². The summed E-state index contributed by atoms with van der Waals surface area (Å²) < 4.78 is 26.9. The lowest BCUT2D eigenvalue weighted by Gasteiger charge is -2.14. The lowest BCUT2D eigenvalue weighted by molar-refractivity contribution is 0.527. The average Bonchev–Trinajstić information content (AvgIpc) is 2.44. The van der Waals surface area contributed by atoms with Crippen LogP contribution in [0.25, 0.3) is 0 Å². The van der Waals surface area contributed by atoms with E-state index in [1.807, 2.05) is 0 Å². The summed E-state index contributed by atoms with van der Waals surface area (Å²) in [7, 11) is -0.685. The Kier molecular flexibility index (Phi) is 5.12. The summed E-state index contributed by atoms with van der Waals surface area (Å²) in [5, 5.41) is 3.92. The molecule has 1 aromatic heterocycles. The zero-order valence-corrected chi connectivity index (χ0v) is 14.2. The molecule has 0 radical (unpaired) electrons. The van der Waals surface area contributed by atoms with Crippen molar-refractivity contribution < 1.29 is 8.42 Å². The molecule has 0 fully saturated rings. The fourth-order valence-electron chi connectivity index (χ4n) is 1.51. The molecule has 2 N–H and O–H groups in total. The summed E-state index contributed by atoms with van der Waals surface area (Å²) in [6.45, 7) is 0. The van der Waals surface area contributed by atoms with Gasteiger partial charge in [-0.2, -0.15) is 12.7 Å². The van der Waals surface area contributed by atoms with Crippen LogP contribution in [-0.2, 0) is 10.2 Å². The molecule has 0 saturated heterocycles. The minimum absolute atomic E-state index is 0.351. The topological polar surface area (TPSA) is 74.3 Å². The summed E-state index contributed by atoms with van der Waals surface area (Å²) in [5.74, 6) is 0.489. The highest BCUT2D eigenvalue weighted by atomic mass is 35.5. The van der Waals surface area contributed by atoms with Crippen LogP contribution in [0.1, 0.15) is 0 Å². The molecular weight excluding hydrogens is 347 g/mol. The van der Waals surface area contributed by atoms with Crippen molar-refractivity contribution in [3.05, 3.63) is 46.6 Å². The summed E-state index contributed by atoms with van der Waals surface area (Å²) in [5.41, 5.74) is 0.893. The van der Waals surface area contributed by atoms with E-state index in [0.717, 1.165) is 4.31 Å². The van der Waals surface area contributed by atoms with Gasteiger partial charge in [0.05, 0.1) is 27.6 Å². The molecule has 1 aromatic carbocycles. The highest BCUT2D eigenvalue weighted by Gasteiger charge is 2.13. The van der Waals surface area contributed by atoms with E-state index in [1.165, 1.54) is 20.3 Å². The summed E-state index contributed by atoms with van der Waals surface area (Å²) in [6.07, 6.45) is 1.40. The van der Waals surface area contributed by atoms with Crippen molar-refractivity contribution in [1.82, 2.24) is 9.29 Å². The summed E-state index contributed by atoms with van der Waals surface area (Å²) in [6, 6.07) is 8.35. The quantitative estimate of drug-likeness (QED) is 0.857. The molecule has 0 aliphatic carbocycles. The Morgan fingerprint density at radius 2 is 1.73 bits per heavy atom. The molecule has 0 saturated carbocycles. The third kappa shape index (κ3) is 4.01. The minimum atomic E-state index is -3.56. The van der Waals surface area contributed by atoms with Gasteiger partial charge in [-0.3, -0.25) is 4.72 Å². The number of aromatic nitrogens is 1. The lowest BCUT2D eigenvalue weighted by Crippen LogP contribution is -2.28. The van der Waals surface area contributed by atoms with Gasteiger partial charge in [0.25, 0.3) is 0 Å². The van der Waals surface area contributed by atoms with Crippen LogP contribution in [0.5, 0.6) is 0 Å². The monoisotopic (exact) mass is 360 g/mol. The smallest absolute Gasteiger partial charge is 0.301 e. The number of pyridine rings is 1. The molecule has 9 heteroatoms. The molecular formula is C13H14Cl2N4O2S. The molecule has 2 aromatic rings. The van der Waals surface area contributed by atoms with E-state index < -0.39 is 10.2 Å². The van der Waals surface area contributed by atoms with Gasteiger partial charge < -0.3 is 5.32 Å². The van der Waals surface area contributed by atoms with E-state index in [1.54, 1.807) is 30.3 Å². The van der Waals surface area contributed by atoms with Crippen molar-refractivity contribution in [1.29, 1.82) is 0 Å². The maximum Gasteiger partial charge on any atom is 0.301 e. The molecule has 0 spiro atoms. The number of hydrogen-bond acceptors (Lipinski definition) is 4. The first-order chi connectivity index (χ1) is 10.3. The number of halogens is 2. The molecule has 0 aliphatic rings. The third-order valence-corrected chi connectivity index (χ3v) is 4.79. The van der Waals surface area contributed by atoms with Gasteiger partial charge in [0, 0.05) is 14.1 Å². The molecule has 22 heavy (non-hydrogen) atoms. The van der Waals surface area contributed by atoms with Crippen LogP contribution < -0.4 is 10.0 Å². The fraction of sp³-hybridized carbons (Fsp3) is 0.154. The zero-order chi connectivity index (χ0) is 16.3. The Morgan fingerprint density at radius 1 is 1.09 bits per heavy atom. The fourth-order valence-corrected chi connectivity index (χ4v) is 2.61. The highest BCUT2D eigenvalue weighted by Crippen LogP contribution is 2.32. The first kappa shape index (κ1) is 16.8. The second-order valence-corrected chi connectivity index (χ2v) is 7.24. The Labute approximate surface area is 139 Å². The molecule has 118 valence electrons. The predicted molar refractivity (Wildman–Crippen MR) is 90.2 cm³/mol. The van der Waals surface area contributed by atoms with E-state index in [2.05, 4.69) is 15.0 Å². The van der Waals surface area contributed by atoms with Crippen molar-refractivity contribution in [2.24, 2.45) is 0 Å². The number of nitrogens with zero attached hydrogens (tertiary/aromatic N) is 2. The van der Waals surface area contributed by atoms with E-state index in [4.69, 9.17) is 23.2 Å². The van der Waals surface area contributed by atoms with Crippen LogP contribution in [-0.4, -0.2) is 31.8 Å². The normalized spacial score (nSPS) is 11.5. The van der Waals surface area contributed by atoms with Gasteiger partial charge in [-0.05, 0) is 24.3 Å². The number of para-hydroxylation sites is 1. The molecule has 0 amide bonds. The van der Waals surface area contributed by atoms with Crippen molar-refractivity contribution in [3.8, 4) is 0 Å². The Balaban J connectivity index is 2.16. The molecule has 2 rings (SSSR count). The predicted octanol–water partition coefficient (Wildman–Crippen LogP) is 3.35. The average molecular weight is 361 g/mol. The van der Waals surface area contributed by atoms with Gasteiger partial charge in [0.2, 0.25) is 0 Å². The first-order valence-electron chi connectivity index (χ1n) is 6.17. The largest absolute Gasteiger partial charge is 0.338 e. The van der Waals surface area contributed by atoms with Crippen molar-refractivity contribution in [2.75, 3.05) is 24.1 Å². The van der Waals surface area contributed by atoms with E-state index >= 15 is 0 Å². The lowest BCUT2D eigenvalue weighted by atomic mass is 10.3. The number of nitrogens with one attached hydrogen (secondary N) is 2. The van der Waals surface area contributed by atoms with E-state index in [9.17, 15) is 8.42 Å². The van der Waals surface area contributed by atoms with Crippen LogP contribution in [0.4, 0.5) is 17.2 Å². The maximum absolute atomic E-state index is 11.7. The molecule has 0 aliphatic heterocycles. The van der Waals surface area contributed by atoms with Crippen molar-refractivity contribution in [3.63, 3.8) is 0 Å². The molecule has 0 bridgehead atoms. The zero-order valence-electron chi connectivity index (χ0n) is 11.8. The van der Waals surface area contributed by atoms with Gasteiger partial charge in [-0.15, -0.1) is 0 Å². The Morgan fingerprint density at radius 3 is 2.23 bits per heavy atom. The number of benzene rings is 1. The number of anilines is 3. The highest BCUT2D eigenvalue weighted by molar-refractivity contribution is 7.90. The van der Waals surface area contributed by atoms with Crippen LogP contribution in [0, 0.1) is 0 Å². The summed E-state index contributed by atoms with van der Waals surface area (Å²) >= 11 is 12.1. The van der Waals surface area contributed by atoms with Crippen LogP contribution in [0.15, 0.2) is 36.5 Å². The third-order valence-electron chi connectivity index (χ3n) is 2.71. The molecule has 0 unspecified atom stereocenters. The molecule has 6 nitrogen and oxygen atoms in total. The number of hydrogen-bond donors (Lipinski definition) is 2. The Bertz CT molecular complexity index is 744. The van der Waals surface area contributed by atoms with Crippen molar-refractivity contribution in [2.45, 2.75) is 0 Å². The van der Waals surface area contributed by atoms with E-state index in [0.29, 0.717) is 27.2 Å². The minimum Gasteiger partial charge on any atom is -0.338 e. The van der Waals surface area contributed by atoms with Gasteiger partial charge in [-0.1, -0.05) is 29.3 Å². The molecule has 0 atom stereocenters. The van der Waals surface area contributed by atoms with Gasteiger partial charge in [0.1, 0.15) is 5.82 Å². The first-order valence-corrected chi connectivity index (χ1v) is 8.36. The second kappa shape index (κ2) is 6.70. The van der Waals surface area contributed by atoms with Crippen molar-refractivity contribution >= 4 is 50.6 Å². The second-order valence-electron chi connectivity index (χ2n) is 4.54. The van der Waals surface area contributed by atoms with Crippen LogP contribution in [0.2, 0.25) is 10.0 Å². The van der Waals surface area contributed by atoms with Gasteiger partial charge in [-0.25, -0.2) is 4.98 Å². The number of rotatable bonds is 5.